The second-order valence-electron chi connectivity index (χ2n) is 8.76. The molecular formula is C24H35FN6O. The topological polar surface area (TPSA) is 75.2 Å². The molecule has 32 heavy (non-hydrogen) atoms. The number of aromatic nitrogens is 3. The molecule has 0 spiro atoms. The molecule has 2 aromatic heterocycles. The highest BCUT2D eigenvalue weighted by molar-refractivity contribution is 5.73. The lowest BCUT2D eigenvalue weighted by Crippen LogP contribution is -2.35. The zero-order chi connectivity index (χ0) is 22.2. The van der Waals surface area contributed by atoms with E-state index < -0.39 is 6.17 Å². The van der Waals surface area contributed by atoms with Crippen molar-refractivity contribution in [3.63, 3.8) is 0 Å². The number of morpholine rings is 1. The Morgan fingerprint density at radius 2 is 1.94 bits per heavy atom. The maximum absolute atomic E-state index is 13.7. The van der Waals surface area contributed by atoms with Crippen molar-refractivity contribution in [3.05, 3.63) is 30.1 Å². The van der Waals surface area contributed by atoms with Crippen LogP contribution in [0.1, 0.15) is 51.0 Å². The molecule has 4 rings (SSSR count). The van der Waals surface area contributed by atoms with Crippen LogP contribution < -0.4 is 10.6 Å². The predicted octanol–water partition coefficient (Wildman–Crippen LogP) is 4.28. The Morgan fingerprint density at radius 1 is 1.12 bits per heavy atom. The van der Waals surface area contributed by atoms with E-state index in [0.29, 0.717) is 18.4 Å². The van der Waals surface area contributed by atoms with Gasteiger partial charge in [-0.1, -0.05) is 32.3 Å². The van der Waals surface area contributed by atoms with Crippen LogP contribution >= 0.6 is 0 Å². The average molecular weight is 443 g/mol. The van der Waals surface area contributed by atoms with Crippen molar-refractivity contribution in [2.45, 2.75) is 64.2 Å². The Kier molecular flexibility index (Phi) is 8.23. The summed E-state index contributed by atoms with van der Waals surface area (Å²) in [4.78, 5) is 16.3. The molecule has 1 saturated heterocycles. The zero-order valence-electron chi connectivity index (χ0n) is 19.0. The second-order valence-corrected chi connectivity index (χ2v) is 8.76. The van der Waals surface area contributed by atoms with Gasteiger partial charge in [0.2, 0.25) is 5.95 Å². The smallest absolute Gasteiger partial charge is 0.224 e. The Balaban J connectivity index is 1.51. The highest BCUT2D eigenvalue weighted by atomic mass is 19.1. The van der Waals surface area contributed by atoms with Crippen LogP contribution in [0.15, 0.2) is 24.5 Å². The molecule has 2 aromatic rings. The number of pyridine rings is 1. The monoisotopic (exact) mass is 442 g/mol. The van der Waals surface area contributed by atoms with E-state index in [1.165, 1.54) is 24.8 Å². The number of nitrogens with one attached hydrogen (secondary N) is 2. The summed E-state index contributed by atoms with van der Waals surface area (Å²) in [5, 5.41) is 6.66. The first-order valence-electron chi connectivity index (χ1n) is 12.0. The first-order valence-corrected chi connectivity index (χ1v) is 12.0. The van der Waals surface area contributed by atoms with Crippen molar-refractivity contribution >= 4 is 11.8 Å². The van der Waals surface area contributed by atoms with Gasteiger partial charge in [-0.3, -0.25) is 9.88 Å². The van der Waals surface area contributed by atoms with Crippen molar-refractivity contribution in [2.24, 2.45) is 0 Å². The van der Waals surface area contributed by atoms with Crippen molar-refractivity contribution < 1.29 is 9.13 Å². The van der Waals surface area contributed by atoms with Crippen LogP contribution in [0.4, 0.5) is 16.2 Å². The Bertz CT molecular complexity index is 837. The maximum Gasteiger partial charge on any atom is 0.224 e. The Morgan fingerprint density at radius 3 is 2.66 bits per heavy atom. The van der Waals surface area contributed by atoms with Gasteiger partial charge in [0.15, 0.2) is 0 Å². The number of nitrogens with zero attached hydrogens (tertiary/aromatic N) is 4. The van der Waals surface area contributed by atoms with Gasteiger partial charge in [-0.25, -0.2) is 9.37 Å². The number of hydrogen-bond acceptors (Lipinski definition) is 7. The largest absolute Gasteiger partial charge is 0.379 e. The molecular weight excluding hydrogens is 407 g/mol. The highest BCUT2D eigenvalue weighted by Gasteiger charge is 2.18. The van der Waals surface area contributed by atoms with Gasteiger partial charge in [0.05, 0.1) is 24.5 Å². The Labute approximate surface area is 190 Å². The minimum atomic E-state index is -0.909. The van der Waals surface area contributed by atoms with Gasteiger partial charge in [-0.15, -0.1) is 0 Å². The standard InChI is InChI=1S/C24H35FN6O/c1-2-19(25)15-27-24-28-16-21(23(30-24)29-20-6-4-3-5-7-20)22-9-8-18(14-26-22)17-31-10-12-32-13-11-31/h8-9,14,16,19-20H,2-7,10-13,15,17H2,1H3,(H2,27,28,29,30). The van der Waals surface area contributed by atoms with Crippen molar-refractivity contribution in [1.82, 2.24) is 19.9 Å². The summed E-state index contributed by atoms with van der Waals surface area (Å²) >= 11 is 0. The normalized spacial score (nSPS) is 18.9. The minimum absolute atomic E-state index is 0.215. The zero-order valence-corrected chi connectivity index (χ0v) is 19.0. The summed E-state index contributed by atoms with van der Waals surface area (Å²) in [7, 11) is 0. The van der Waals surface area contributed by atoms with E-state index in [0.717, 1.165) is 62.8 Å². The Hall–Kier alpha value is -2.32. The number of halogens is 1. The molecule has 174 valence electrons. The fourth-order valence-corrected chi connectivity index (χ4v) is 4.25. The SMILES string of the molecule is CCC(F)CNc1ncc(-c2ccc(CN3CCOCC3)cn2)c(NC2CCCCC2)n1. The lowest BCUT2D eigenvalue weighted by molar-refractivity contribution is 0.0341. The highest BCUT2D eigenvalue weighted by Crippen LogP contribution is 2.29. The van der Waals surface area contributed by atoms with Crippen molar-refractivity contribution in [1.29, 1.82) is 0 Å². The second kappa shape index (κ2) is 11.5. The third-order valence-electron chi connectivity index (χ3n) is 6.27. The van der Waals surface area contributed by atoms with E-state index >= 15 is 0 Å². The molecule has 0 amide bonds. The van der Waals surface area contributed by atoms with Crippen LogP contribution in [0.2, 0.25) is 0 Å². The van der Waals surface area contributed by atoms with Crippen LogP contribution in [0.25, 0.3) is 11.3 Å². The molecule has 0 aromatic carbocycles. The quantitative estimate of drug-likeness (QED) is 0.600. The summed E-state index contributed by atoms with van der Waals surface area (Å²) in [5.74, 6) is 1.22. The molecule has 2 fully saturated rings. The third kappa shape index (κ3) is 6.36. The first-order chi connectivity index (χ1) is 15.7. The van der Waals surface area contributed by atoms with Gasteiger partial charge < -0.3 is 15.4 Å². The van der Waals surface area contributed by atoms with E-state index in [2.05, 4.69) is 26.6 Å². The molecule has 1 atom stereocenters. The lowest BCUT2D eigenvalue weighted by atomic mass is 9.95. The molecule has 2 aliphatic rings. The van der Waals surface area contributed by atoms with E-state index in [4.69, 9.17) is 14.7 Å². The van der Waals surface area contributed by atoms with E-state index in [-0.39, 0.29) is 6.54 Å². The van der Waals surface area contributed by atoms with E-state index in [1.54, 1.807) is 6.20 Å². The van der Waals surface area contributed by atoms with Crippen LogP contribution in [-0.2, 0) is 11.3 Å². The summed E-state index contributed by atoms with van der Waals surface area (Å²) in [6, 6.07) is 4.57. The maximum atomic E-state index is 13.7. The number of hydrogen-bond donors (Lipinski definition) is 2. The fraction of sp³-hybridized carbons (Fsp3) is 0.625. The van der Waals surface area contributed by atoms with Crippen LogP contribution in [0, 0.1) is 0 Å². The molecule has 3 heterocycles. The molecule has 2 N–H and O–H groups in total. The van der Waals surface area contributed by atoms with Crippen molar-refractivity contribution in [2.75, 3.05) is 43.5 Å². The van der Waals surface area contributed by atoms with E-state index in [9.17, 15) is 4.39 Å². The summed E-state index contributed by atoms with van der Waals surface area (Å²) in [5.41, 5.74) is 2.91. The number of anilines is 2. The van der Waals surface area contributed by atoms with Gasteiger partial charge in [-0.05, 0) is 30.9 Å². The number of rotatable bonds is 9. The lowest BCUT2D eigenvalue weighted by Gasteiger charge is -2.26. The summed E-state index contributed by atoms with van der Waals surface area (Å²) < 4.78 is 19.1. The molecule has 1 saturated carbocycles. The fourth-order valence-electron chi connectivity index (χ4n) is 4.25. The predicted molar refractivity (Wildman–Crippen MR) is 126 cm³/mol. The van der Waals surface area contributed by atoms with Gasteiger partial charge in [0.25, 0.3) is 0 Å². The molecule has 1 aliphatic heterocycles. The van der Waals surface area contributed by atoms with Crippen LogP contribution in [0.3, 0.4) is 0 Å². The van der Waals surface area contributed by atoms with Gasteiger partial charge in [0, 0.05) is 44.6 Å². The molecule has 1 aliphatic carbocycles. The summed E-state index contributed by atoms with van der Waals surface area (Å²) in [6.07, 6.45) is 9.34. The van der Waals surface area contributed by atoms with Gasteiger partial charge >= 0.3 is 0 Å². The number of alkyl halides is 1. The third-order valence-corrected chi connectivity index (χ3v) is 6.27. The van der Waals surface area contributed by atoms with Crippen molar-refractivity contribution in [3.8, 4) is 11.3 Å². The molecule has 1 unspecified atom stereocenters. The van der Waals surface area contributed by atoms with E-state index in [1.807, 2.05) is 19.2 Å². The molecule has 8 heteroatoms. The molecule has 0 radical (unpaired) electrons. The number of ether oxygens (including phenoxy) is 1. The first kappa shape index (κ1) is 22.9. The molecule has 7 nitrogen and oxygen atoms in total. The van der Waals surface area contributed by atoms with Gasteiger partial charge in [-0.2, -0.15) is 4.98 Å². The van der Waals surface area contributed by atoms with Gasteiger partial charge in [0.1, 0.15) is 12.0 Å². The van der Waals surface area contributed by atoms with Crippen LogP contribution in [0.5, 0.6) is 0 Å². The minimum Gasteiger partial charge on any atom is -0.379 e. The van der Waals surface area contributed by atoms with Crippen LogP contribution in [-0.4, -0.2) is 64.9 Å². The average Bonchev–Trinajstić information content (AvgIpc) is 2.84. The summed E-state index contributed by atoms with van der Waals surface area (Å²) in [6.45, 7) is 6.43. The molecule has 0 bridgehead atoms.